The van der Waals surface area contributed by atoms with E-state index in [1.807, 2.05) is 11.8 Å². The lowest BCUT2D eigenvalue weighted by molar-refractivity contribution is 0.587. The van der Waals surface area contributed by atoms with E-state index in [1.165, 1.54) is 12.2 Å². The van der Waals surface area contributed by atoms with E-state index in [0.717, 1.165) is 19.5 Å². The summed E-state index contributed by atoms with van der Waals surface area (Å²) >= 11 is 1.85. The van der Waals surface area contributed by atoms with Crippen LogP contribution in [0.3, 0.4) is 0 Å². The van der Waals surface area contributed by atoms with Gasteiger partial charge in [-0.25, -0.2) is 13.6 Å². The van der Waals surface area contributed by atoms with Crippen molar-refractivity contribution in [1.29, 1.82) is 0 Å². The maximum Gasteiger partial charge on any atom is 0.209 e. The van der Waals surface area contributed by atoms with E-state index in [9.17, 15) is 8.42 Å². The average molecular weight is 240 g/mol. The molecule has 0 aromatic carbocycles. The molecule has 6 heteroatoms. The third-order valence-electron chi connectivity index (χ3n) is 1.73. The van der Waals surface area contributed by atoms with Crippen LogP contribution in [0.2, 0.25) is 0 Å². The van der Waals surface area contributed by atoms with Crippen LogP contribution in [0.25, 0.3) is 0 Å². The zero-order chi connectivity index (χ0) is 10.9. The van der Waals surface area contributed by atoms with Crippen molar-refractivity contribution in [2.24, 2.45) is 5.14 Å². The van der Waals surface area contributed by atoms with Gasteiger partial charge in [-0.2, -0.15) is 11.8 Å². The predicted octanol–water partition coefficient (Wildman–Crippen LogP) is 0.398. The molecule has 0 saturated heterocycles. The summed E-state index contributed by atoms with van der Waals surface area (Å²) in [6.07, 6.45) is 5.06. The van der Waals surface area contributed by atoms with Crippen LogP contribution in [-0.2, 0) is 10.0 Å². The molecule has 0 fully saturated rings. The van der Waals surface area contributed by atoms with Gasteiger partial charge in [-0.1, -0.05) is 0 Å². The van der Waals surface area contributed by atoms with Crippen LogP contribution in [0, 0.1) is 0 Å². The Kier molecular flexibility index (Phi) is 8.66. The van der Waals surface area contributed by atoms with Gasteiger partial charge in [0.15, 0.2) is 0 Å². The van der Waals surface area contributed by atoms with Gasteiger partial charge in [-0.3, -0.25) is 0 Å². The van der Waals surface area contributed by atoms with Gasteiger partial charge < -0.3 is 5.32 Å². The summed E-state index contributed by atoms with van der Waals surface area (Å²) in [6, 6.07) is 0. The smallest absolute Gasteiger partial charge is 0.209 e. The summed E-state index contributed by atoms with van der Waals surface area (Å²) in [7, 11) is -3.27. The topological polar surface area (TPSA) is 72.2 Å². The second kappa shape index (κ2) is 8.52. The molecule has 3 N–H and O–H groups in total. The highest BCUT2D eigenvalue weighted by Crippen LogP contribution is 1.97. The molecule has 0 saturated carbocycles. The van der Waals surface area contributed by atoms with Gasteiger partial charge in [-0.15, -0.1) is 0 Å². The van der Waals surface area contributed by atoms with Gasteiger partial charge in [0.2, 0.25) is 10.0 Å². The minimum atomic E-state index is -3.27. The quantitative estimate of drug-likeness (QED) is 0.572. The predicted molar refractivity (Wildman–Crippen MR) is 63.1 cm³/mol. The highest BCUT2D eigenvalue weighted by molar-refractivity contribution is 7.98. The summed E-state index contributed by atoms with van der Waals surface area (Å²) in [5, 5.41) is 8.05. The molecule has 0 aromatic rings. The number of hydrogen-bond acceptors (Lipinski definition) is 4. The fraction of sp³-hybridized carbons (Fsp3) is 1.00. The van der Waals surface area contributed by atoms with Crippen LogP contribution < -0.4 is 10.5 Å². The fourth-order valence-corrected chi connectivity index (χ4v) is 2.06. The second-order valence-corrected chi connectivity index (χ2v) is 5.89. The van der Waals surface area contributed by atoms with Crippen LogP contribution in [0.1, 0.15) is 19.3 Å². The van der Waals surface area contributed by atoms with Crippen molar-refractivity contribution in [1.82, 2.24) is 5.32 Å². The Hall–Kier alpha value is 0.220. The first-order chi connectivity index (χ1) is 6.56. The SMILES string of the molecule is CSCCCCNCCCS(N)(=O)=O. The zero-order valence-corrected chi connectivity index (χ0v) is 10.3. The summed E-state index contributed by atoms with van der Waals surface area (Å²) in [5.74, 6) is 1.27. The highest BCUT2D eigenvalue weighted by atomic mass is 32.2. The van der Waals surface area contributed by atoms with Gasteiger partial charge in [0.05, 0.1) is 5.75 Å². The lowest BCUT2D eigenvalue weighted by atomic mass is 10.3. The van der Waals surface area contributed by atoms with Gasteiger partial charge in [-0.05, 0) is 44.4 Å². The molecule has 0 heterocycles. The molecule has 14 heavy (non-hydrogen) atoms. The minimum Gasteiger partial charge on any atom is -0.317 e. The van der Waals surface area contributed by atoms with Crippen LogP contribution >= 0.6 is 11.8 Å². The van der Waals surface area contributed by atoms with Crippen molar-refractivity contribution in [3.63, 3.8) is 0 Å². The lowest BCUT2D eigenvalue weighted by Crippen LogP contribution is -2.22. The van der Waals surface area contributed by atoms with Gasteiger partial charge in [0.1, 0.15) is 0 Å². The van der Waals surface area contributed by atoms with Crippen molar-refractivity contribution in [2.45, 2.75) is 19.3 Å². The Morgan fingerprint density at radius 1 is 1.21 bits per heavy atom. The zero-order valence-electron chi connectivity index (χ0n) is 8.66. The molecule has 4 nitrogen and oxygen atoms in total. The number of nitrogens with one attached hydrogen (secondary N) is 1. The van der Waals surface area contributed by atoms with Crippen LogP contribution in [-0.4, -0.2) is 39.3 Å². The molecule has 0 amide bonds. The molecule has 0 bridgehead atoms. The third-order valence-corrected chi connectivity index (χ3v) is 3.29. The van der Waals surface area contributed by atoms with E-state index >= 15 is 0 Å². The van der Waals surface area contributed by atoms with E-state index in [2.05, 4.69) is 11.6 Å². The van der Waals surface area contributed by atoms with Crippen LogP contribution in [0.4, 0.5) is 0 Å². The Balaban J connectivity index is 3.07. The number of rotatable bonds is 9. The number of unbranched alkanes of at least 4 members (excludes halogenated alkanes) is 1. The van der Waals surface area contributed by atoms with Gasteiger partial charge >= 0.3 is 0 Å². The van der Waals surface area contributed by atoms with Gasteiger partial charge in [0.25, 0.3) is 0 Å². The maximum atomic E-state index is 10.6. The van der Waals surface area contributed by atoms with E-state index in [4.69, 9.17) is 5.14 Å². The molecule has 0 aliphatic carbocycles. The van der Waals surface area contributed by atoms with E-state index in [1.54, 1.807) is 0 Å². The second-order valence-electron chi connectivity index (χ2n) is 3.17. The highest BCUT2D eigenvalue weighted by Gasteiger charge is 2.00. The largest absolute Gasteiger partial charge is 0.317 e. The first-order valence-electron chi connectivity index (χ1n) is 4.76. The van der Waals surface area contributed by atoms with E-state index in [-0.39, 0.29) is 5.75 Å². The maximum absolute atomic E-state index is 10.6. The molecular formula is C8H20N2O2S2. The van der Waals surface area contributed by atoms with Crippen LogP contribution in [0.15, 0.2) is 0 Å². The normalized spacial score (nSPS) is 11.9. The first kappa shape index (κ1) is 14.2. The van der Waals surface area contributed by atoms with Crippen molar-refractivity contribution in [3.8, 4) is 0 Å². The Bertz CT molecular complexity index is 217. The molecule has 0 unspecified atom stereocenters. The fourth-order valence-electron chi connectivity index (χ4n) is 1.02. The molecule has 0 rings (SSSR count). The van der Waals surface area contributed by atoms with Crippen LogP contribution in [0.5, 0.6) is 0 Å². The molecule has 0 spiro atoms. The minimum absolute atomic E-state index is 0.0742. The number of primary sulfonamides is 1. The summed E-state index contributed by atoms with van der Waals surface area (Å²) in [4.78, 5) is 0. The molecule has 0 aliphatic heterocycles. The first-order valence-corrected chi connectivity index (χ1v) is 7.87. The number of nitrogens with two attached hydrogens (primary N) is 1. The summed E-state index contributed by atoms with van der Waals surface area (Å²) in [5.41, 5.74) is 0. The van der Waals surface area contributed by atoms with E-state index in [0.29, 0.717) is 6.42 Å². The van der Waals surface area contributed by atoms with Crippen molar-refractivity contribution in [3.05, 3.63) is 0 Å². The van der Waals surface area contributed by atoms with Gasteiger partial charge in [0, 0.05) is 0 Å². The Labute approximate surface area is 91.1 Å². The number of thioether (sulfide) groups is 1. The molecule has 0 aromatic heterocycles. The molecular weight excluding hydrogens is 220 g/mol. The monoisotopic (exact) mass is 240 g/mol. The summed E-state index contributed by atoms with van der Waals surface area (Å²) in [6.45, 7) is 1.70. The van der Waals surface area contributed by atoms with Crippen molar-refractivity contribution in [2.75, 3.05) is 30.9 Å². The van der Waals surface area contributed by atoms with Crippen molar-refractivity contribution >= 4 is 21.8 Å². The molecule has 0 radical (unpaired) electrons. The summed E-state index contributed by atoms with van der Waals surface area (Å²) < 4.78 is 21.1. The molecule has 0 aliphatic rings. The average Bonchev–Trinajstić information content (AvgIpc) is 2.08. The molecule has 0 atom stereocenters. The molecule has 86 valence electrons. The number of hydrogen-bond donors (Lipinski definition) is 2. The lowest BCUT2D eigenvalue weighted by Gasteiger charge is -2.03. The Morgan fingerprint density at radius 2 is 1.86 bits per heavy atom. The number of sulfonamides is 1. The third kappa shape index (κ3) is 12.2. The Morgan fingerprint density at radius 3 is 2.43 bits per heavy atom. The van der Waals surface area contributed by atoms with E-state index < -0.39 is 10.0 Å². The van der Waals surface area contributed by atoms with Crippen molar-refractivity contribution < 1.29 is 8.42 Å². The standard InChI is InChI=1S/C8H20N2O2S2/c1-13-7-3-2-5-10-6-4-8-14(9,11)12/h10H,2-8H2,1H3,(H2,9,11,12).